The Morgan fingerprint density at radius 3 is 2.31 bits per heavy atom. The summed E-state index contributed by atoms with van der Waals surface area (Å²) in [6, 6.07) is 10.3. The molecule has 0 atom stereocenters. The number of hydrogen-bond acceptors (Lipinski definition) is 5. The Balaban J connectivity index is 1.74. The van der Waals surface area contributed by atoms with Crippen LogP contribution in [0.3, 0.4) is 0 Å². The van der Waals surface area contributed by atoms with Crippen LogP contribution in [0.1, 0.15) is 16.7 Å². The zero-order valence-corrected chi connectivity index (χ0v) is 16.0. The first kappa shape index (κ1) is 18.4. The number of methoxy groups -OCH3 is 4. The molecule has 2 aromatic rings. The molecule has 0 bridgehead atoms. The lowest BCUT2D eigenvalue weighted by molar-refractivity contribution is 0.250. The van der Waals surface area contributed by atoms with E-state index in [2.05, 4.69) is 23.1 Å². The predicted octanol–water partition coefficient (Wildman–Crippen LogP) is 3.32. The Morgan fingerprint density at radius 1 is 0.846 bits per heavy atom. The van der Waals surface area contributed by atoms with Gasteiger partial charge in [-0.05, 0) is 36.1 Å². The fourth-order valence-electron chi connectivity index (χ4n) is 3.63. The Labute approximate surface area is 155 Å². The molecular weight excluding hydrogens is 330 g/mol. The summed E-state index contributed by atoms with van der Waals surface area (Å²) in [6.45, 7) is 2.91. The van der Waals surface area contributed by atoms with Gasteiger partial charge < -0.3 is 18.9 Å². The third-order valence-electron chi connectivity index (χ3n) is 5.01. The summed E-state index contributed by atoms with van der Waals surface area (Å²) in [7, 11) is 6.68. The number of fused-ring (bicyclic) bond motifs is 1. The molecule has 0 spiro atoms. The lowest BCUT2D eigenvalue weighted by atomic mass is 9.98. The quantitative estimate of drug-likeness (QED) is 0.760. The van der Waals surface area contributed by atoms with Gasteiger partial charge in [0, 0.05) is 25.2 Å². The van der Waals surface area contributed by atoms with Gasteiger partial charge in [-0.1, -0.05) is 18.2 Å². The van der Waals surface area contributed by atoms with E-state index in [1.807, 2.05) is 12.1 Å². The van der Waals surface area contributed by atoms with Gasteiger partial charge in [0.1, 0.15) is 5.75 Å². The van der Waals surface area contributed by atoms with Crippen molar-refractivity contribution in [2.45, 2.75) is 19.4 Å². The molecule has 0 unspecified atom stereocenters. The van der Waals surface area contributed by atoms with Crippen LogP contribution in [0, 0.1) is 0 Å². The van der Waals surface area contributed by atoms with Crippen molar-refractivity contribution < 1.29 is 18.9 Å². The molecule has 0 aromatic heterocycles. The lowest BCUT2D eigenvalue weighted by Gasteiger charge is -2.30. The van der Waals surface area contributed by atoms with Crippen molar-refractivity contribution in [3.63, 3.8) is 0 Å². The molecule has 26 heavy (non-hydrogen) atoms. The maximum Gasteiger partial charge on any atom is 0.203 e. The monoisotopic (exact) mass is 357 g/mol. The van der Waals surface area contributed by atoms with Gasteiger partial charge in [-0.25, -0.2) is 0 Å². The second-order valence-electron chi connectivity index (χ2n) is 6.37. The van der Waals surface area contributed by atoms with Gasteiger partial charge in [0.15, 0.2) is 11.5 Å². The molecule has 0 aliphatic carbocycles. The van der Waals surface area contributed by atoms with E-state index in [4.69, 9.17) is 18.9 Å². The fourth-order valence-corrected chi connectivity index (χ4v) is 3.63. The third-order valence-corrected chi connectivity index (χ3v) is 5.01. The van der Waals surface area contributed by atoms with Crippen molar-refractivity contribution >= 4 is 0 Å². The van der Waals surface area contributed by atoms with Crippen LogP contribution >= 0.6 is 0 Å². The minimum atomic E-state index is 0.651. The molecule has 3 rings (SSSR count). The molecule has 1 heterocycles. The van der Waals surface area contributed by atoms with Crippen LogP contribution in [-0.2, 0) is 19.4 Å². The van der Waals surface area contributed by atoms with E-state index >= 15 is 0 Å². The van der Waals surface area contributed by atoms with E-state index < -0.39 is 0 Å². The number of hydrogen-bond donors (Lipinski definition) is 0. The molecule has 1 aliphatic heterocycles. The largest absolute Gasteiger partial charge is 0.496 e. The van der Waals surface area contributed by atoms with E-state index in [0.717, 1.165) is 49.5 Å². The maximum absolute atomic E-state index is 5.60. The summed E-state index contributed by atoms with van der Waals surface area (Å²) in [5.41, 5.74) is 3.82. The second-order valence-corrected chi connectivity index (χ2v) is 6.37. The molecule has 0 fully saturated rings. The van der Waals surface area contributed by atoms with E-state index in [1.54, 1.807) is 28.4 Å². The normalized spacial score (nSPS) is 13.8. The highest BCUT2D eigenvalue weighted by Crippen LogP contribution is 2.40. The minimum Gasteiger partial charge on any atom is -0.496 e. The second kappa shape index (κ2) is 8.32. The number of nitrogens with zero attached hydrogens (tertiary/aromatic N) is 1. The summed E-state index contributed by atoms with van der Waals surface area (Å²) in [4.78, 5) is 2.46. The van der Waals surface area contributed by atoms with Crippen molar-refractivity contribution in [1.29, 1.82) is 0 Å². The zero-order chi connectivity index (χ0) is 18.5. The predicted molar refractivity (Wildman–Crippen MR) is 102 cm³/mol. The smallest absolute Gasteiger partial charge is 0.203 e. The molecule has 0 radical (unpaired) electrons. The average Bonchev–Trinajstić information content (AvgIpc) is 2.70. The highest BCUT2D eigenvalue weighted by molar-refractivity contribution is 5.55. The van der Waals surface area contributed by atoms with Crippen molar-refractivity contribution in [1.82, 2.24) is 4.90 Å². The minimum absolute atomic E-state index is 0.651. The molecule has 5 heteroatoms. The van der Waals surface area contributed by atoms with Gasteiger partial charge in [0.05, 0.1) is 28.4 Å². The Kier molecular flexibility index (Phi) is 5.89. The van der Waals surface area contributed by atoms with Crippen LogP contribution < -0.4 is 18.9 Å². The van der Waals surface area contributed by atoms with Crippen molar-refractivity contribution in [3.05, 3.63) is 47.0 Å². The first-order valence-electron chi connectivity index (χ1n) is 8.86. The van der Waals surface area contributed by atoms with E-state index in [1.165, 1.54) is 11.1 Å². The SMILES string of the molecule is COc1cccc2c1CN(CCc1ccc(OC)c(OC)c1OC)CC2. The summed E-state index contributed by atoms with van der Waals surface area (Å²) >= 11 is 0. The Bertz CT molecular complexity index is 746. The van der Waals surface area contributed by atoms with Crippen LogP contribution in [0.2, 0.25) is 0 Å². The highest BCUT2D eigenvalue weighted by Gasteiger charge is 2.21. The van der Waals surface area contributed by atoms with Crippen molar-refractivity contribution in [3.8, 4) is 23.0 Å². The van der Waals surface area contributed by atoms with E-state index in [-0.39, 0.29) is 0 Å². The van der Waals surface area contributed by atoms with Crippen LogP contribution in [0.5, 0.6) is 23.0 Å². The molecule has 2 aromatic carbocycles. The molecule has 140 valence electrons. The van der Waals surface area contributed by atoms with Crippen molar-refractivity contribution in [2.24, 2.45) is 0 Å². The number of rotatable bonds is 7. The summed E-state index contributed by atoms with van der Waals surface area (Å²) in [5.74, 6) is 3.07. The Hall–Kier alpha value is -2.40. The molecule has 5 nitrogen and oxygen atoms in total. The zero-order valence-electron chi connectivity index (χ0n) is 16.0. The first-order chi connectivity index (χ1) is 12.7. The summed E-state index contributed by atoms with van der Waals surface area (Å²) < 4.78 is 22.0. The fraction of sp³-hybridized carbons (Fsp3) is 0.429. The van der Waals surface area contributed by atoms with E-state index in [9.17, 15) is 0 Å². The first-order valence-corrected chi connectivity index (χ1v) is 8.86. The van der Waals surface area contributed by atoms with Gasteiger partial charge in [0.2, 0.25) is 5.75 Å². The van der Waals surface area contributed by atoms with Crippen LogP contribution in [0.4, 0.5) is 0 Å². The van der Waals surface area contributed by atoms with Crippen LogP contribution in [0.15, 0.2) is 30.3 Å². The number of ether oxygens (including phenoxy) is 4. The Morgan fingerprint density at radius 2 is 1.62 bits per heavy atom. The number of benzene rings is 2. The van der Waals surface area contributed by atoms with Gasteiger partial charge in [-0.15, -0.1) is 0 Å². The van der Waals surface area contributed by atoms with E-state index in [0.29, 0.717) is 11.5 Å². The van der Waals surface area contributed by atoms with Crippen LogP contribution in [-0.4, -0.2) is 46.4 Å². The van der Waals surface area contributed by atoms with Gasteiger partial charge in [-0.2, -0.15) is 0 Å². The molecule has 1 aliphatic rings. The third kappa shape index (κ3) is 3.58. The molecule has 0 saturated carbocycles. The highest BCUT2D eigenvalue weighted by atomic mass is 16.5. The molecule has 0 amide bonds. The van der Waals surface area contributed by atoms with Gasteiger partial charge in [0.25, 0.3) is 0 Å². The molecular formula is C21H27NO4. The molecule has 0 N–H and O–H groups in total. The lowest BCUT2D eigenvalue weighted by Crippen LogP contribution is -2.32. The van der Waals surface area contributed by atoms with Gasteiger partial charge >= 0.3 is 0 Å². The van der Waals surface area contributed by atoms with Crippen molar-refractivity contribution in [2.75, 3.05) is 41.5 Å². The topological polar surface area (TPSA) is 40.2 Å². The summed E-state index contributed by atoms with van der Waals surface area (Å²) in [6.07, 6.45) is 1.93. The van der Waals surface area contributed by atoms with Crippen LogP contribution in [0.25, 0.3) is 0 Å². The maximum atomic E-state index is 5.60. The average molecular weight is 357 g/mol. The van der Waals surface area contributed by atoms with Gasteiger partial charge in [-0.3, -0.25) is 4.90 Å². The molecule has 0 saturated heterocycles. The standard InChI is InChI=1S/C21H27NO4/c1-23-18-7-5-6-15-10-12-22(14-17(15)18)13-11-16-8-9-19(24-2)21(26-4)20(16)25-3/h5-9H,10-14H2,1-4H3. The summed E-state index contributed by atoms with van der Waals surface area (Å²) in [5, 5.41) is 0.